The van der Waals surface area contributed by atoms with Crippen LogP contribution in [0.1, 0.15) is 57.4 Å². The number of hydrogen-bond donors (Lipinski definition) is 0. The van der Waals surface area contributed by atoms with Crippen LogP contribution in [-0.2, 0) is 10.3 Å². The average molecular weight is 314 g/mol. The van der Waals surface area contributed by atoms with Gasteiger partial charge in [0.15, 0.2) is 0 Å². The van der Waals surface area contributed by atoms with Crippen LogP contribution in [0.15, 0.2) is 30.3 Å². The van der Waals surface area contributed by atoms with Crippen LogP contribution < -0.4 is 0 Å². The molecule has 1 amide bonds. The predicted molar refractivity (Wildman–Crippen MR) is 94.3 cm³/mol. The largest absolute Gasteiger partial charge is 0.343 e. The molecule has 3 heteroatoms. The summed E-state index contributed by atoms with van der Waals surface area (Å²) in [4.78, 5) is 17.1. The van der Waals surface area contributed by atoms with Gasteiger partial charge >= 0.3 is 0 Å². The monoisotopic (exact) mass is 314 g/mol. The van der Waals surface area contributed by atoms with Crippen LogP contribution in [-0.4, -0.2) is 41.9 Å². The Morgan fingerprint density at radius 3 is 2.30 bits per heavy atom. The van der Waals surface area contributed by atoms with E-state index in [0.29, 0.717) is 5.91 Å². The Kier molecular flexibility index (Phi) is 5.37. The fraction of sp³-hybridized carbons (Fsp3) is 0.650. The van der Waals surface area contributed by atoms with Crippen molar-refractivity contribution in [3.8, 4) is 0 Å². The normalized spacial score (nSPS) is 21.5. The molecule has 0 aromatic heterocycles. The van der Waals surface area contributed by atoms with Gasteiger partial charge in [-0.3, -0.25) is 9.69 Å². The second-order valence-corrected chi connectivity index (χ2v) is 7.08. The highest BCUT2D eigenvalue weighted by molar-refractivity contribution is 5.76. The van der Waals surface area contributed by atoms with Gasteiger partial charge in [-0.2, -0.15) is 0 Å². The van der Waals surface area contributed by atoms with Gasteiger partial charge in [0.1, 0.15) is 0 Å². The molecular weight excluding hydrogens is 284 g/mol. The molecule has 1 aromatic carbocycles. The molecule has 2 aliphatic rings. The second kappa shape index (κ2) is 7.48. The summed E-state index contributed by atoms with van der Waals surface area (Å²) in [5, 5.41) is 0. The van der Waals surface area contributed by atoms with Crippen molar-refractivity contribution in [3.63, 3.8) is 0 Å². The standard InChI is InChI=1S/C20H30N2O/c1-2-3-11-19(23)21-16-12-20(13-17-21,22-14-7-8-15-22)18-9-5-4-6-10-18/h4-6,9-10H,2-3,7-8,11-17H2,1H3. The number of likely N-dealkylation sites (tertiary alicyclic amines) is 2. The van der Waals surface area contributed by atoms with Gasteiger partial charge in [0.25, 0.3) is 0 Å². The van der Waals surface area contributed by atoms with Crippen LogP contribution in [0.25, 0.3) is 0 Å². The van der Waals surface area contributed by atoms with Crippen LogP contribution in [0, 0.1) is 0 Å². The van der Waals surface area contributed by atoms with Crippen molar-refractivity contribution in [1.82, 2.24) is 9.80 Å². The smallest absolute Gasteiger partial charge is 0.222 e. The van der Waals surface area contributed by atoms with Crippen LogP contribution >= 0.6 is 0 Å². The van der Waals surface area contributed by atoms with E-state index in [2.05, 4.69) is 47.1 Å². The third-order valence-electron chi connectivity index (χ3n) is 5.71. The maximum absolute atomic E-state index is 12.3. The Balaban J connectivity index is 1.74. The van der Waals surface area contributed by atoms with Gasteiger partial charge in [-0.15, -0.1) is 0 Å². The Morgan fingerprint density at radius 1 is 1.04 bits per heavy atom. The molecule has 0 saturated carbocycles. The molecule has 0 aliphatic carbocycles. The second-order valence-electron chi connectivity index (χ2n) is 7.08. The number of nitrogens with zero attached hydrogens (tertiary/aromatic N) is 2. The molecule has 0 unspecified atom stereocenters. The number of piperidine rings is 1. The van der Waals surface area contributed by atoms with E-state index in [9.17, 15) is 4.79 Å². The van der Waals surface area contributed by atoms with E-state index in [1.54, 1.807) is 0 Å². The molecule has 126 valence electrons. The number of unbranched alkanes of at least 4 members (excludes halogenated alkanes) is 1. The Bertz CT molecular complexity index is 500. The fourth-order valence-electron chi connectivity index (χ4n) is 4.29. The molecule has 2 fully saturated rings. The summed E-state index contributed by atoms with van der Waals surface area (Å²) < 4.78 is 0. The summed E-state index contributed by atoms with van der Waals surface area (Å²) in [6.07, 6.45) is 7.62. The van der Waals surface area contributed by atoms with Crippen molar-refractivity contribution in [2.45, 2.75) is 57.4 Å². The van der Waals surface area contributed by atoms with Crippen LogP contribution in [0.3, 0.4) is 0 Å². The third kappa shape index (κ3) is 3.45. The third-order valence-corrected chi connectivity index (χ3v) is 5.71. The SMILES string of the molecule is CCCCC(=O)N1CCC(c2ccccc2)(N2CCCC2)CC1. The molecule has 1 aromatic rings. The van der Waals surface area contributed by atoms with Crippen molar-refractivity contribution < 1.29 is 4.79 Å². The number of carbonyl (C=O) groups is 1. The number of carbonyl (C=O) groups excluding carboxylic acids is 1. The maximum atomic E-state index is 12.3. The van der Waals surface area contributed by atoms with E-state index in [-0.39, 0.29) is 5.54 Å². The lowest BCUT2D eigenvalue weighted by Gasteiger charge is -2.48. The van der Waals surface area contributed by atoms with E-state index >= 15 is 0 Å². The minimum atomic E-state index is 0.152. The molecule has 3 rings (SSSR count). The number of benzene rings is 1. The highest BCUT2D eigenvalue weighted by Gasteiger charge is 2.42. The lowest BCUT2D eigenvalue weighted by molar-refractivity contribution is -0.134. The summed E-state index contributed by atoms with van der Waals surface area (Å²) in [6, 6.07) is 11.0. The van der Waals surface area contributed by atoms with Crippen molar-refractivity contribution in [3.05, 3.63) is 35.9 Å². The summed E-state index contributed by atoms with van der Waals surface area (Å²) in [6.45, 7) is 6.39. The number of hydrogen-bond acceptors (Lipinski definition) is 2. The fourth-order valence-corrected chi connectivity index (χ4v) is 4.29. The van der Waals surface area contributed by atoms with E-state index in [1.165, 1.54) is 31.5 Å². The molecule has 0 radical (unpaired) electrons. The van der Waals surface area contributed by atoms with Gasteiger partial charge in [0.05, 0.1) is 0 Å². The minimum absolute atomic E-state index is 0.152. The van der Waals surface area contributed by atoms with Gasteiger partial charge < -0.3 is 4.90 Å². The first-order valence-electron chi connectivity index (χ1n) is 9.34. The summed E-state index contributed by atoms with van der Waals surface area (Å²) in [5.74, 6) is 0.356. The minimum Gasteiger partial charge on any atom is -0.343 e. The molecule has 3 nitrogen and oxygen atoms in total. The van der Waals surface area contributed by atoms with Crippen molar-refractivity contribution in [2.24, 2.45) is 0 Å². The number of amides is 1. The van der Waals surface area contributed by atoms with Crippen molar-refractivity contribution >= 4 is 5.91 Å². The van der Waals surface area contributed by atoms with E-state index in [1.807, 2.05) is 0 Å². The Hall–Kier alpha value is -1.35. The van der Waals surface area contributed by atoms with Crippen LogP contribution in [0.4, 0.5) is 0 Å². The Labute approximate surface area is 140 Å². The molecule has 2 saturated heterocycles. The maximum Gasteiger partial charge on any atom is 0.222 e. The van der Waals surface area contributed by atoms with Gasteiger partial charge in [0.2, 0.25) is 5.91 Å². The molecule has 2 heterocycles. The zero-order chi connectivity index (χ0) is 16.1. The zero-order valence-electron chi connectivity index (χ0n) is 14.5. The summed E-state index contributed by atoms with van der Waals surface area (Å²) in [5.41, 5.74) is 1.60. The molecule has 0 atom stereocenters. The molecule has 0 N–H and O–H groups in total. The summed E-state index contributed by atoms with van der Waals surface area (Å²) >= 11 is 0. The lowest BCUT2D eigenvalue weighted by atomic mass is 9.79. The molecule has 0 bridgehead atoms. The first kappa shape index (κ1) is 16.5. The van der Waals surface area contributed by atoms with Gasteiger partial charge in [-0.25, -0.2) is 0 Å². The van der Waals surface area contributed by atoms with Gasteiger partial charge in [-0.1, -0.05) is 43.7 Å². The van der Waals surface area contributed by atoms with Crippen molar-refractivity contribution in [2.75, 3.05) is 26.2 Å². The van der Waals surface area contributed by atoms with E-state index < -0.39 is 0 Å². The van der Waals surface area contributed by atoms with Gasteiger partial charge in [-0.05, 0) is 50.8 Å². The van der Waals surface area contributed by atoms with Crippen molar-refractivity contribution in [1.29, 1.82) is 0 Å². The average Bonchev–Trinajstić information content (AvgIpc) is 3.15. The highest BCUT2D eigenvalue weighted by atomic mass is 16.2. The van der Waals surface area contributed by atoms with Crippen LogP contribution in [0.2, 0.25) is 0 Å². The highest BCUT2D eigenvalue weighted by Crippen LogP contribution is 2.40. The summed E-state index contributed by atoms with van der Waals surface area (Å²) in [7, 11) is 0. The van der Waals surface area contributed by atoms with E-state index in [0.717, 1.165) is 45.2 Å². The first-order valence-corrected chi connectivity index (χ1v) is 9.34. The Morgan fingerprint density at radius 2 is 1.70 bits per heavy atom. The van der Waals surface area contributed by atoms with Crippen LogP contribution in [0.5, 0.6) is 0 Å². The lowest BCUT2D eigenvalue weighted by Crippen LogP contribution is -2.53. The number of rotatable bonds is 5. The van der Waals surface area contributed by atoms with E-state index in [4.69, 9.17) is 0 Å². The predicted octanol–water partition coefficient (Wildman–Crippen LogP) is 3.79. The molecule has 23 heavy (non-hydrogen) atoms. The molecule has 0 spiro atoms. The van der Waals surface area contributed by atoms with Gasteiger partial charge in [0, 0.05) is 25.0 Å². The first-order chi connectivity index (χ1) is 11.3. The quantitative estimate of drug-likeness (QED) is 0.825. The topological polar surface area (TPSA) is 23.6 Å². The zero-order valence-corrected chi connectivity index (χ0v) is 14.5. The molecular formula is C20H30N2O. The molecule has 2 aliphatic heterocycles.